The van der Waals surface area contributed by atoms with Crippen molar-refractivity contribution < 1.29 is 62.9 Å². The number of hydroxylamine groups is 2. The van der Waals surface area contributed by atoms with Crippen LogP contribution < -0.4 is 4.90 Å². The number of benzene rings is 2. The average Bonchev–Trinajstić information content (AvgIpc) is 3.68. The molecule has 3 aliphatic heterocycles. The molecule has 0 bridgehead atoms. The lowest BCUT2D eigenvalue weighted by atomic mass is 9.75. The molecule has 20 heteroatoms. The first-order chi connectivity index (χ1) is 27.0. The predicted octanol–water partition coefficient (Wildman–Crippen LogP) is 4.78. The number of ether oxygens (including phenoxy) is 1. The summed E-state index contributed by atoms with van der Waals surface area (Å²) in [7, 11) is -11.9. The Labute approximate surface area is 337 Å². The zero-order chi connectivity index (χ0) is 42.8. The summed E-state index contributed by atoms with van der Waals surface area (Å²) in [6, 6.07) is 8.18. The van der Waals surface area contributed by atoms with Crippen molar-refractivity contribution in [2.45, 2.75) is 86.3 Å². The molecule has 3 aliphatic rings. The monoisotopic (exact) mass is 863 g/mol. The molecular formula is C38H45N3O14S3. The van der Waals surface area contributed by atoms with Crippen LogP contribution in [0.4, 0.5) is 11.4 Å². The maximum Gasteiger partial charge on any atom is 0.333 e. The molecule has 58 heavy (non-hydrogen) atoms. The molecule has 2 amide bonds. The Hall–Kier alpha value is -4.57. The number of imide groups is 1. The minimum absolute atomic E-state index is 0.0145. The molecule has 1 saturated heterocycles. The fraction of sp³-hybridized carbons (Fsp3) is 0.421. The van der Waals surface area contributed by atoms with Gasteiger partial charge in [-0.25, -0.2) is 4.79 Å². The number of aliphatic imine (C=N–C) groups is 1. The molecule has 0 saturated carbocycles. The van der Waals surface area contributed by atoms with Crippen LogP contribution in [-0.4, -0.2) is 93.5 Å². The number of methoxy groups -OCH3 is 1. The van der Waals surface area contributed by atoms with Crippen molar-refractivity contribution in [2.75, 3.05) is 30.9 Å². The van der Waals surface area contributed by atoms with Gasteiger partial charge in [0.25, 0.3) is 42.2 Å². The smallest absolute Gasteiger partial charge is 0.333 e. The molecule has 17 nitrogen and oxygen atoms in total. The van der Waals surface area contributed by atoms with E-state index < -0.39 is 64.7 Å². The van der Waals surface area contributed by atoms with Gasteiger partial charge >= 0.3 is 5.97 Å². The third-order valence-corrected chi connectivity index (χ3v) is 13.0. The first kappa shape index (κ1) is 44.5. The van der Waals surface area contributed by atoms with Crippen molar-refractivity contribution in [1.29, 1.82) is 0 Å². The number of allylic oxidation sites excluding steroid dienone is 6. The van der Waals surface area contributed by atoms with Gasteiger partial charge in [0.1, 0.15) is 0 Å². The van der Waals surface area contributed by atoms with Gasteiger partial charge in [0.2, 0.25) is 0 Å². The third-order valence-electron chi connectivity index (χ3n) is 10.5. The van der Waals surface area contributed by atoms with Crippen LogP contribution in [0.5, 0.6) is 0 Å². The molecule has 0 aromatic heterocycles. The van der Waals surface area contributed by atoms with E-state index >= 15 is 0 Å². The second-order valence-corrected chi connectivity index (χ2v) is 19.1. The SMILES string of the molecule is COCCC1(C)\C(=C/C=C(C)/C=C/C2=Nc3ccc(S(=O)(=O)O)cc3C2(C)CCCS(=O)(=O)O)N(CCCC(=O)ON2C(=O)CCC2=O)c2ccc(S(=O)(=O)O)cc21. The van der Waals surface area contributed by atoms with Crippen LogP contribution in [0.2, 0.25) is 0 Å². The van der Waals surface area contributed by atoms with Gasteiger partial charge in [-0.2, -0.15) is 25.3 Å². The Bertz CT molecular complexity index is 2460. The van der Waals surface area contributed by atoms with E-state index in [0.29, 0.717) is 51.0 Å². The van der Waals surface area contributed by atoms with Crippen molar-refractivity contribution in [3.05, 3.63) is 83.1 Å². The first-order valence-corrected chi connectivity index (χ1v) is 22.7. The van der Waals surface area contributed by atoms with E-state index in [1.807, 2.05) is 17.9 Å². The highest BCUT2D eigenvalue weighted by Crippen LogP contribution is 2.51. The van der Waals surface area contributed by atoms with Crippen LogP contribution in [0.25, 0.3) is 0 Å². The number of carbonyl (C=O) groups is 3. The Morgan fingerprint density at radius 2 is 1.50 bits per heavy atom. The quantitative estimate of drug-likeness (QED) is 0.110. The van der Waals surface area contributed by atoms with Gasteiger partial charge in [0.05, 0.1) is 26.9 Å². The van der Waals surface area contributed by atoms with E-state index in [9.17, 15) is 53.3 Å². The van der Waals surface area contributed by atoms with E-state index in [4.69, 9.17) is 14.6 Å². The summed E-state index contributed by atoms with van der Waals surface area (Å²) in [5, 5.41) is 0.479. The van der Waals surface area contributed by atoms with E-state index in [2.05, 4.69) is 0 Å². The summed E-state index contributed by atoms with van der Waals surface area (Å²) >= 11 is 0. The molecule has 2 aromatic rings. The zero-order valence-electron chi connectivity index (χ0n) is 32.2. The van der Waals surface area contributed by atoms with E-state index in [1.54, 1.807) is 38.1 Å². The Kier molecular flexibility index (Phi) is 13.0. The minimum atomic E-state index is -4.58. The molecular weight excluding hydrogens is 819 g/mol. The highest BCUT2D eigenvalue weighted by Gasteiger charge is 2.44. The molecule has 5 rings (SSSR count). The molecule has 0 aliphatic carbocycles. The lowest BCUT2D eigenvalue weighted by molar-refractivity contribution is -0.197. The Morgan fingerprint density at radius 1 is 0.879 bits per heavy atom. The highest BCUT2D eigenvalue weighted by atomic mass is 32.2. The van der Waals surface area contributed by atoms with Crippen molar-refractivity contribution in [3.63, 3.8) is 0 Å². The van der Waals surface area contributed by atoms with Crippen molar-refractivity contribution in [3.8, 4) is 0 Å². The maximum absolute atomic E-state index is 12.7. The second kappa shape index (κ2) is 17.0. The van der Waals surface area contributed by atoms with Gasteiger partial charge in [0.15, 0.2) is 0 Å². The normalized spacial score (nSPS) is 21.9. The predicted molar refractivity (Wildman–Crippen MR) is 211 cm³/mol. The number of hydrogen-bond donors (Lipinski definition) is 3. The molecule has 0 radical (unpaired) electrons. The molecule has 1 fully saturated rings. The fourth-order valence-corrected chi connectivity index (χ4v) is 8.89. The maximum atomic E-state index is 12.7. The van der Waals surface area contributed by atoms with E-state index in [1.165, 1.54) is 37.4 Å². The lowest BCUT2D eigenvalue weighted by Gasteiger charge is -2.30. The summed E-state index contributed by atoms with van der Waals surface area (Å²) in [4.78, 5) is 47.6. The summed E-state index contributed by atoms with van der Waals surface area (Å²) in [6.07, 6.45) is 7.57. The molecule has 0 spiro atoms. The van der Waals surface area contributed by atoms with Crippen molar-refractivity contribution in [1.82, 2.24) is 5.06 Å². The van der Waals surface area contributed by atoms with Gasteiger partial charge in [0, 0.05) is 61.7 Å². The first-order valence-electron chi connectivity index (χ1n) is 18.2. The van der Waals surface area contributed by atoms with E-state index in [-0.39, 0.29) is 61.5 Å². The highest BCUT2D eigenvalue weighted by molar-refractivity contribution is 7.86. The summed E-state index contributed by atoms with van der Waals surface area (Å²) in [5.41, 5.74) is 2.01. The Morgan fingerprint density at radius 3 is 2.10 bits per heavy atom. The topological polar surface area (TPSA) is 252 Å². The van der Waals surface area contributed by atoms with Gasteiger partial charge < -0.3 is 14.5 Å². The van der Waals surface area contributed by atoms with Crippen LogP contribution in [0, 0.1) is 0 Å². The van der Waals surface area contributed by atoms with Crippen LogP contribution in [0.1, 0.15) is 76.8 Å². The van der Waals surface area contributed by atoms with Crippen molar-refractivity contribution in [2.24, 2.45) is 4.99 Å². The Balaban J connectivity index is 1.49. The van der Waals surface area contributed by atoms with Crippen LogP contribution in [0.3, 0.4) is 0 Å². The lowest BCUT2D eigenvalue weighted by Crippen LogP contribution is -2.33. The van der Waals surface area contributed by atoms with Gasteiger partial charge in [-0.05, 0) is 106 Å². The van der Waals surface area contributed by atoms with Crippen molar-refractivity contribution >= 4 is 65.2 Å². The van der Waals surface area contributed by atoms with E-state index in [0.717, 1.165) is 0 Å². The molecule has 2 unspecified atom stereocenters. The van der Waals surface area contributed by atoms with Gasteiger partial charge in [-0.15, -0.1) is 5.06 Å². The number of fused-ring (bicyclic) bond motifs is 2. The standard InChI is InChI=1S/C38H45N3O14S3/c1-25(8-14-32-37(2,18-6-22-56(45,46)47)28-23-26(57(48,49)50)10-12-30(28)39-32)9-15-33-38(3,19-21-54-4)29-24-27(58(51,52)53)11-13-31(29)40(33)20-5-7-36(44)55-41-34(42)16-17-35(41)43/h8-15,23-24H,5-7,16-22H2,1-4H3,(H,45,46,47)(H,48,49,50)(H,51,52,53)/b14-8+,25-9+,33-15+. The zero-order valence-corrected chi connectivity index (χ0v) is 34.7. The number of rotatable bonds is 17. The summed E-state index contributed by atoms with van der Waals surface area (Å²) < 4.78 is 106. The second-order valence-electron chi connectivity index (χ2n) is 14.7. The fourth-order valence-electron chi connectivity index (χ4n) is 7.36. The van der Waals surface area contributed by atoms with Crippen LogP contribution >= 0.6 is 0 Å². The molecule has 314 valence electrons. The number of anilines is 1. The van der Waals surface area contributed by atoms with Crippen LogP contribution in [-0.2, 0) is 65.1 Å². The van der Waals surface area contributed by atoms with Gasteiger partial charge in [-0.3, -0.25) is 28.2 Å². The van der Waals surface area contributed by atoms with Crippen LogP contribution in [0.15, 0.2) is 86.8 Å². The summed E-state index contributed by atoms with van der Waals surface area (Å²) in [5.74, 6) is -2.52. The number of amides is 2. The summed E-state index contributed by atoms with van der Waals surface area (Å²) in [6.45, 7) is 5.93. The third kappa shape index (κ3) is 9.82. The largest absolute Gasteiger partial charge is 0.385 e. The average molecular weight is 864 g/mol. The molecule has 2 aromatic carbocycles. The molecule has 3 heterocycles. The minimum Gasteiger partial charge on any atom is -0.385 e. The molecule has 3 N–H and O–H groups in total. The number of nitrogens with zero attached hydrogens (tertiary/aromatic N) is 3. The number of hydrogen-bond acceptors (Lipinski definition) is 13. The number of carbonyl (C=O) groups excluding carboxylic acids is 3. The molecule has 2 atom stereocenters. The van der Waals surface area contributed by atoms with Gasteiger partial charge in [-0.1, -0.05) is 17.7 Å².